The maximum absolute atomic E-state index is 12.5. The molecule has 2 fully saturated rings. The van der Waals surface area contributed by atoms with E-state index in [0.717, 1.165) is 0 Å². The molecule has 4 atom stereocenters. The molecule has 0 aliphatic carbocycles. The Kier molecular flexibility index (Phi) is 3.40. The standard InChI is InChI=1S/C16H18N2O6/c1-16(2)23-11-10(7-19)22-14(12(11)24-16)18-9-6-4-3-5-8(9)13(20)17-15(18)21/h3-6,10-12,14,19H,7H2,1-2H3,(H,17,20,21)/t10-,11-,12-,14-/m1/s1. The summed E-state index contributed by atoms with van der Waals surface area (Å²) in [5.41, 5.74) is -0.597. The number of rotatable bonds is 2. The molecule has 2 aliphatic heterocycles. The molecule has 2 aromatic rings. The molecule has 128 valence electrons. The van der Waals surface area contributed by atoms with Gasteiger partial charge in [0.25, 0.3) is 5.56 Å². The topological polar surface area (TPSA) is 103 Å². The molecule has 4 rings (SSSR count). The van der Waals surface area contributed by atoms with Gasteiger partial charge < -0.3 is 19.3 Å². The number of aliphatic hydroxyl groups excluding tert-OH is 1. The SMILES string of the molecule is CC1(C)O[C@@H]2[C@H](O1)[C@@H](CO)O[C@H]2n1c(=O)[nH]c(=O)c2ccccc21. The summed E-state index contributed by atoms with van der Waals surface area (Å²) in [6.45, 7) is 3.28. The summed E-state index contributed by atoms with van der Waals surface area (Å²) >= 11 is 0. The lowest BCUT2D eigenvalue weighted by Crippen LogP contribution is -2.38. The van der Waals surface area contributed by atoms with Crippen molar-refractivity contribution in [2.75, 3.05) is 6.61 Å². The number of hydrogen-bond acceptors (Lipinski definition) is 6. The summed E-state index contributed by atoms with van der Waals surface area (Å²) in [4.78, 5) is 26.8. The van der Waals surface area contributed by atoms with Crippen molar-refractivity contribution in [3.63, 3.8) is 0 Å². The zero-order valence-electron chi connectivity index (χ0n) is 13.3. The molecule has 3 heterocycles. The van der Waals surface area contributed by atoms with Gasteiger partial charge in [-0.05, 0) is 26.0 Å². The third-order valence-electron chi connectivity index (χ3n) is 4.41. The first-order valence-corrected chi connectivity index (χ1v) is 7.77. The fourth-order valence-corrected chi connectivity index (χ4v) is 3.48. The molecule has 0 radical (unpaired) electrons. The van der Waals surface area contributed by atoms with E-state index >= 15 is 0 Å². The highest BCUT2D eigenvalue weighted by atomic mass is 16.8. The fourth-order valence-electron chi connectivity index (χ4n) is 3.48. The van der Waals surface area contributed by atoms with Crippen molar-refractivity contribution in [3.05, 3.63) is 45.1 Å². The Hall–Kier alpha value is -2.00. The van der Waals surface area contributed by atoms with E-state index in [9.17, 15) is 14.7 Å². The van der Waals surface area contributed by atoms with Gasteiger partial charge in [-0.15, -0.1) is 0 Å². The summed E-state index contributed by atoms with van der Waals surface area (Å²) in [6, 6.07) is 6.77. The van der Waals surface area contributed by atoms with Crippen molar-refractivity contribution < 1.29 is 19.3 Å². The van der Waals surface area contributed by atoms with Crippen LogP contribution in [0.25, 0.3) is 10.9 Å². The quantitative estimate of drug-likeness (QED) is 0.807. The van der Waals surface area contributed by atoms with Crippen LogP contribution in [-0.4, -0.2) is 45.4 Å². The molecule has 24 heavy (non-hydrogen) atoms. The third-order valence-corrected chi connectivity index (χ3v) is 4.41. The number of hydrogen-bond donors (Lipinski definition) is 2. The predicted octanol–water partition coefficient (Wildman–Crippen LogP) is 0.0996. The van der Waals surface area contributed by atoms with Gasteiger partial charge in [-0.1, -0.05) is 12.1 Å². The molecule has 2 aliphatic rings. The summed E-state index contributed by atoms with van der Waals surface area (Å²) in [6.07, 6.45) is -2.47. The largest absolute Gasteiger partial charge is 0.394 e. The Morgan fingerprint density at radius 2 is 1.92 bits per heavy atom. The fraction of sp³-hybridized carbons (Fsp3) is 0.500. The van der Waals surface area contributed by atoms with Crippen molar-refractivity contribution in [1.82, 2.24) is 9.55 Å². The molecule has 1 aromatic heterocycles. The number of nitrogens with zero attached hydrogens (tertiary/aromatic N) is 1. The highest BCUT2D eigenvalue weighted by Crippen LogP contribution is 2.42. The average molecular weight is 334 g/mol. The first kappa shape index (κ1) is 15.5. The number of aromatic nitrogens is 2. The molecular weight excluding hydrogens is 316 g/mol. The molecule has 0 saturated carbocycles. The van der Waals surface area contributed by atoms with E-state index in [-0.39, 0.29) is 6.61 Å². The number of aromatic amines is 1. The van der Waals surface area contributed by atoms with E-state index in [2.05, 4.69) is 4.98 Å². The van der Waals surface area contributed by atoms with Crippen LogP contribution in [0.3, 0.4) is 0 Å². The minimum atomic E-state index is -0.841. The van der Waals surface area contributed by atoms with E-state index in [1.54, 1.807) is 38.1 Å². The predicted molar refractivity (Wildman–Crippen MR) is 83.6 cm³/mol. The van der Waals surface area contributed by atoms with Gasteiger partial charge in [0.2, 0.25) is 0 Å². The molecule has 0 spiro atoms. The average Bonchev–Trinajstić information content (AvgIpc) is 3.01. The van der Waals surface area contributed by atoms with Crippen molar-refractivity contribution in [2.45, 2.75) is 44.2 Å². The molecule has 2 N–H and O–H groups in total. The van der Waals surface area contributed by atoms with Gasteiger partial charge in [-0.3, -0.25) is 14.3 Å². The van der Waals surface area contributed by atoms with Gasteiger partial charge in [-0.2, -0.15) is 0 Å². The van der Waals surface area contributed by atoms with Gasteiger partial charge in [0, 0.05) is 0 Å². The number of nitrogens with one attached hydrogen (secondary N) is 1. The monoisotopic (exact) mass is 334 g/mol. The maximum Gasteiger partial charge on any atom is 0.331 e. The van der Waals surface area contributed by atoms with Gasteiger partial charge >= 0.3 is 5.69 Å². The number of para-hydroxylation sites is 1. The van der Waals surface area contributed by atoms with E-state index in [0.29, 0.717) is 10.9 Å². The van der Waals surface area contributed by atoms with Gasteiger partial charge in [-0.25, -0.2) is 4.79 Å². The van der Waals surface area contributed by atoms with Crippen LogP contribution in [0.4, 0.5) is 0 Å². The summed E-state index contributed by atoms with van der Waals surface area (Å²) in [7, 11) is 0. The van der Waals surface area contributed by atoms with Crippen LogP contribution in [0.15, 0.2) is 33.9 Å². The van der Waals surface area contributed by atoms with Crippen LogP contribution >= 0.6 is 0 Å². The molecule has 8 heteroatoms. The van der Waals surface area contributed by atoms with E-state index in [1.165, 1.54) is 4.57 Å². The van der Waals surface area contributed by atoms with E-state index < -0.39 is 41.6 Å². The first-order chi connectivity index (χ1) is 11.4. The van der Waals surface area contributed by atoms with Crippen molar-refractivity contribution in [1.29, 1.82) is 0 Å². The number of fused-ring (bicyclic) bond motifs is 2. The van der Waals surface area contributed by atoms with Gasteiger partial charge in [0.1, 0.15) is 18.3 Å². The van der Waals surface area contributed by atoms with Crippen LogP contribution in [0.2, 0.25) is 0 Å². The Morgan fingerprint density at radius 1 is 1.21 bits per heavy atom. The smallest absolute Gasteiger partial charge is 0.331 e. The summed E-state index contributed by atoms with van der Waals surface area (Å²) in [5.74, 6) is -0.841. The number of ether oxygens (including phenoxy) is 3. The highest BCUT2D eigenvalue weighted by molar-refractivity contribution is 5.77. The first-order valence-electron chi connectivity index (χ1n) is 7.77. The zero-order valence-corrected chi connectivity index (χ0v) is 13.3. The molecule has 0 amide bonds. The van der Waals surface area contributed by atoms with Crippen molar-refractivity contribution in [2.24, 2.45) is 0 Å². The molecule has 1 aromatic carbocycles. The number of H-pyrrole nitrogens is 1. The lowest BCUT2D eigenvalue weighted by atomic mass is 10.1. The molecule has 0 bridgehead atoms. The number of benzene rings is 1. The highest BCUT2D eigenvalue weighted by Gasteiger charge is 2.56. The number of aliphatic hydroxyl groups is 1. The Balaban J connectivity index is 1.89. The Labute approximate surface area is 136 Å². The van der Waals surface area contributed by atoms with Gasteiger partial charge in [0.15, 0.2) is 12.0 Å². The van der Waals surface area contributed by atoms with Gasteiger partial charge in [0.05, 0.1) is 17.5 Å². The molecular formula is C16H18N2O6. The minimum absolute atomic E-state index is 0.257. The van der Waals surface area contributed by atoms with E-state index in [1.807, 2.05) is 0 Å². The molecule has 2 saturated heterocycles. The second-order valence-electron chi connectivity index (χ2n) is 6.46. The van der Waals surface area contributed by atoms with Crippen molar-refractivity contribution >= 4 is 10.9 Å². The van der Waals surface area contributed by atoms with Crippen molar-refractivity contribution in [3.8, 4) is 0 Å². The summed E-state index contributed by atoms with van der Waals surface area (Å²) < 4.78 is 18.9. The second-order valence-corrected chi connectivity index (χ2v) is 6.46. The molecule has 0 unspecified atom stereocenters. The molecule has 8 nitrogen and oxygen atoms in total. The third kappa shape index (κ3) is 2.22. The second kappa shape index (κ2) is 5.25. The van der Waals surface area contributed by atoms with E-state index in [4.69, 9.17) is 14.2 Å². The normalized spacial score (nSPS) is 31.5. The minimum Gasteiger partial charge on any atom is -0.394 e. The van der Waals surface area contributed by atoms with Crippen LogP contribution in [-0.2, 0) is 14.2 Å². The maximum atomic E-state index is 12.5. The zero-order chi connectivity index (χ0) is 17.1. The summed E-state index contributed by atoms with van der Waals surface area (Å²) in [5, 5.41) is 9.95. The van der Waals surface area contributed by atoms with Crippen LogP contribution in [0, 0.1) is 0 Å². The van der Waals surface area contributed by atoms with Crippen LogP contribution in [0.1, 0.15) is 20.1 Å². The lowest BCUT2D eigenvalue weighted by Gasteiger charge is -2.25. The van der Waals surface area contributed by atoms with Crippen LogP contribution in [0.5, 0.6) is 0 Å². The Morgan fingerprint density at radius 3 is 2.67 bits per heavy atom. The lowest BCUT2D eigenvalue weighted by molar-refractivity contribution is -0.200. The van der Waals surface area contributed by atoms with Crippen LogP contribution < -0.4 is 11.2 Å². The Bertz CT molecular complexity index is 901.